The van der Waals surface area contributed by atoms with Crippen molar-refractivity contribution in [3.05, 3.63) is 58.6 Å². The molecule has 1 saturated heterocycles. The maximum Gasteiger partial charge on any atom is 0.220 e. The van der Waals surface area contributed by atoms with Crippen molar-refractivity contribution in [1.82, 2.24) is 10.2 Å². The maximum atomic E-state index is 12.6. The van der Waals surface area contributed by atoms with E-state index in [2.05, 4.69) is 16.3 Å². The Morgan fingerprint density at radius 3 is 2.65 bits per heavy atom. The highest BCUT2D eigenvalue weighted by Crippen LogP contribution is 2.30. The molecule has 2 aliphatic heterocycles. The van der Waals surface area contributed by atoms with Crippen molar-refractivity contribution in [2.75, 3.05) is 46.1 Å². The van der Waals surface area contributed by atoms with E-state index in [0.29, 0.717) is 50.8 Å². The van der Waals surface area contributed by atoms with Gasteiger partial charge >= 0.3 is 0 Å². The lowest BCUT2D eigenvalue weighted by Crippen LogP contribution is -2.43. The molecule has 166 valence electrons. The largest absolute Gasteiger partial charge is 0.490 e. The number of halogens is 1. The number of fused-ring (bicyclic) bond motifs is 1. The van der Waals surface area contributed by atoms with Crippen LogP contribution in [0.2, 0.25) is 5.02 Å². The van der Waals surface area contributed by atoms with Gasteiger partial charge in [-0.1, -0.05) is 29.8 Å². The summed E-state index contributed by atoms with van der Waals surface area (Å²) in [6, 6.07) is 13.9. The van der Waals surface area contributed by atoms with Gasteiger partial charge in [-0.2, -0.15) is 0 Å². The van der Waals surface area contributed by atoms with Gasteiger partial charge in [0.15, 0.2) is 11.5 Å². The Morgan fingerprint density at radius 1 is 1.03 bits per heavy atom. The fourth-order valence-corrected chi connectivity index (χ4v) is 4.18. The number of nitrogens with zero attached hydrogens (tertiary/aromatic N) is 1. The summed E-state index contributed by atoms with van der Waals surface area (Å²) in [6.45, 7) is 4.95. The number of aryl methyl sites for hydroxylation is 1. The molecule has 2 aliphatic rings. The molecule has 2 heterocycles. The summed E-state index contributed by atoms with van der Waals surface area (Å²) in [4.78, 5) is 15.0. The van der Waals surface area contributed by atoms with Crippen LogP contribution in [0.1, 0.15) is 30.0 Å². The zero-order valence-corrected chi connectivity index (χ0v) is 18.4. The molecule has 6 nitrogen and oxygen atoms in total. The highest BCUT2D eigenvalue weighted by molar-refractivity contribution is 6.30. The highest BCUT2D eigenvalue weighted by Gasteiger charge is 2.23. The van der Waals surface area contributed by atoms with Gasteiger partial charge in [0.2, 0.25) is 5.91 Å². The Bertz CT molecular complexity index is 886. The zero-order chi connectivity index (χ0) is 21.5. The molecule has 0 saturated carbocycles. The van der Waals surface area contributed by atoms with Crippen molar-refractivity contribution >= 4 is 17.5 Å². The second kappa shape index (κ2) is 10.8. The Balaban J connectivity index is 1.34. The average molecular weight is 445 g/mol. The van der Waals surface area contributed by atoms with Crippen molar-refractivity contribution in [3.63, 3.8) is 0 Å². The normalized spacial score (nSPS) is 17.6. The lowest BCUT2D eigenvalue weighted by molar-refractivity contribution is -0.121. The predicted octanol–water partition coefficient (Wildman–Crippen LogP) is 3.62. The summed E-state index contributed by atoms with van der Waals surface area (Å²) in [6.07, 6.45) is 1.95. The molecule has 0 bridgehead atoms. The SMILES string of the molecule is O=C(CCc1ccc2c(c1)OCCCO2)NCC(c1cccc(Cl)c1)N1CCOCC1. The van der Waals surface area contributed by atoms with E-state index in [9.17, 15) is 4.79 Å². The van der Waals surface area contributed by atoms with Crippen molar-refractivity contribution in [2.45, 2.75) is 25.3 Å². The molecule has 1 unspecified atom stereocenters. The number of amides is 1. The molecule has 2 aromatic carbocycles. The molecule has 4 rings (SSSR count). The summed E-state index contributed by atoms with van der Waals surface area (Å²) in [7, 11) is 0. The van der Waals surface area contributed by atoms with Crippen LogP contribution in [0.25, 0.3) is 0 Å². The number of rotatable bonds is 7. The van der Waals surface area contributed by atoms with Crippen LogP contribution in [-0.2, 0) is 16.0 Å². The van der Waals surface area contributed by atoms with E-state index in [4.69, 9.17) is 25.8 Å². The molecule has 0 radical (unpaired) electrons. The van der Waals surface area contributed by atoms with E-state index in [0.717, 1.165) is 42.1 Å². The van der Waals surface area contributed by atoms with Gasteiger partial charge < -0.3 is 19.5 Å². The van der Waals surface area contributed by atoms with Crippen LogP contribution in [-0.4, -0.2) is 56.9 Å². The van der Waals surface area contributed by atoms with E-state index in [1.165, 1.54) is 0 Å². The van der Waals surface area contributed by atoms with Crippen molar-refractivity contribution in [2.24, 2.45) is 0 Å². The smallest absolute Gasteiger partial charge is 0.220 e. The number of hydrogen-bond acceptors (Lipinski definition) is 5. The van der Waals surface area contributed by atoms with Crippen molar-refractivity contribution in [1.29, 1.82) is 0 Å². The van der Waals surface area contributed by atoms with E-state index >= 15 is 0 Å². The molecule has 1 atom stereocenters. The zero-order valence-electron chi connectivity index (χ0n) is 17.6. The first-order valence-electron chi connectivity index (χ1n) is 10.9. The molecule has 1 amide bonds. The van der Waals surface area contributed by atoms with E-state index in [1.54, 1.807) is 0 Å². The van der Waals surface area contributed by atoms with Crippen LogP contribution in [0, 0.1) is 0 Å². The first kappa shape index (κ1) is 21.9. The van der Waals surface area contributed by atoms with E-state index in [1.807, 2.05) is 36.4 Å². The fourth-order valence-electron chi connectivity index (χ4n) is 3.98. The van der Waals surface area contributed by atoms with Gasteiger partial charge in [-0.15, -0.1) is 0 Å². The Labute approximate surface area is 188 Å². The molecule has 0 aromatic heterocycles. The third-order valence-electron chi connectivity index (χ3n) is 5.67. The first-order chi connectivity index (χ1) is 15.2. The predicted molar refractivity (Wildman–Crippen MR) is 120 cm³/mol. The van der Waals surface area contributed by atoms with Gasteiger partial charge in [-0.25, -0.2) is 0 Å². The van der Waals surface area contributed by atoms with Crippen LogP contribution in [0.3, 0.4) is 0 Å². The quantitative estimate of drug-likeness (QED) is 0.706. The van der Waals surface area contributed by atoms with Crippen LogP contribution in [0.5, 0.6) is 11.5 Å². The lowest BCUT2D eigenvalue weighted by Gasteiger charge is -2.35. The minimum atomic E-state index is 0.0346. The van der Waals surface area contributed by atoms with Gasteiger partial charge in [-0.05, 0) is 41.8 Å². The van der Waals surface area contributed by atoms with Gasteiger partial charge in [0, 0.05) is 37.5 Å². The first-order valence-corrected chi connectivity index (χ1v) is 11.3. The molecule has 7 heteroatoms. The number of nitrogens with one attached hydrogen (secondary N) is 1. The Morgan fingerprint density at radius 2 is 1.84 bits per heavy atom. The molecular weight excluding hydrogens is 416 g/mol. The Kier molecular flexibility index (Phi) is 7.67. The van der Waals surface area contributed by atoms with E-state index < -0.39 is 0 Å². The molecule has 1 fully saturated rings. The number of morpholine rings is 1. The number of carbonyl (C=O) groups is 1. The molecule has 0 spiro atoms. The summed E-state index contributed by atoms with van der Waals surface area (Å²) >= 11 is 6.22. The van der Waals surface area contributed by atoms with Gasteiger partial charge in [0.05, 0.1) is 32.5 Å². The molecule has 31 heavy (non-hydrogen) atoms. The molecular formula is C24H29ClN2O4. The average Bonchev–Trinajstić information content (AvgIpc) is 3.04. The second-order valence-corrected chi connectivity index (χ2v) is 8.29. The minimum Gasteiger partial charge on any atom is -0.490 e. The summed E-state index contributed by atoms with van der Waals surface area (Å²) in [5.74, 6) is 1.58. The van der Waals surface area contributed by atoms with E-state index in [-0.39, 0.29) is 11.9 Å². The summed E-state index contributed by atoms with van der Waals surface area (Å²) in [5, 5.41) is 3.83. The third-order valence-corrected chi connectivity index (χ3v) is 5.90. The summed E-state index contributed by atoms with van der Waals surface area (Å²) in [5.41, 5.74) is 2.18. The van der Waals surface area contributed by atoms with Gasteiger partial charge in [-0.3, -0.25) is 9.69 Å². The third kappa shape index (κ3) is 6.12. The van der Waals surface area contributed by atoms with Gasteiger partial charge in [0.25, 0.3) is 0 Å². The Hall–Kier alpha value is -2.28. The topological polar surface area (TPSA) is 60.0 Å². The molecule has 0 aliphatic carbocycles. The highest BCUT2D eigenvalue weighted by atomic mass is 35.5. The molecule has 2 aromatic rings. The standard InChI is InChI=1S/C24H29ClN2O4/c25-20-4-1-3-19(16-20)21(27-9-13-29-14-10-27)17-26-24(28)8-6-18-5-7-22-23(15-18)31-12-2-11-30-22/h1,3-5,7,15-16,21H,2,6,8-14,17H2,(H,26,28). The van der Waals surface area contributed by atoms with Crippen LogP contribution in [0.15, 0.2) is 42.5 Å². The van der Waals surface area contributed by atoms with Crippen LogP contribution < -0.4 is 14.8 Å². The van der Waals surface area contributed by atoms with Crippen LogP contribution in [0.4, 0.5) is 0 Å². The van der Waals surface area contributed by atoms with Crippen molar-refractivity contribution < 1.29 is 19.0 Å². The summed E-state index contributed by atoms with van der Waals surface area (Å²) < 4.78 is 16.9. The van der Waals surface area contributed by atoms with Crippen molar-refractivity contribution in [3.8, 4) is 11.5 Å². The van der Waals surface area contributed by atoms with Crippen LogP contribution >= 0.6 is 11.6 Å². The number of hydrogen-bond donors (Lipinski definition) is 1. The number of ether oxygens (including phenoxy) is 3. The molecule has 1 N–H and O–H groups in total. The second-order valence-electron chi connectivity index (χ2n) is 7.85. The minimum absolute atomic E-state index is 0.0346. The number of benzene rings is 2. The maximum absolute atomic E-state index is 12.6. The fraction of sp³-hybridized carbons (Fsp3) is 0.458. The van der Waals surface area contributed by atoms with Gasteiger partial charge in [0.1, 0.15) is 0 Å². The monoisotopic (exact) mass is 444 g/mol. The lowest BCUT2D eigenvalue weighted by atomic mass is 10.0. The number of carbonyl (C=O) groups excluding carboxylic acids is 1.